The summed E-state index contributed by atoms with van der Waals surface area (Å²) in [5.74, 6) is -0.0236. The molecule has 3 rings (SSSR count). The van der Waals surface area contributed by atoms with Gasteiger partial charge in [0.25, 0.3) is 5.69 Å². The molecule has 3 aromatic rings. The first kappa shape index (κ1) is 18.4. The van der Waals surface area contributed by atoms with Gasteiger partial charge in [-0.25, -0.2) is 0 Å². The number of hydrogen-bond donors (Lipinski definition) is 2. The summed E-state index contributed by atoms with van der Waals surface area (Å²) < 4.78 is 1.79. The van der Waals surface area contributed by atoms with Gasteiger partial charge in [0.2, 0.25) is 5.91 Å². The predicted octanol–water partition coefficient (Wildman–Crippen LogP) is 2.83. The molecule has 1 aromatic heterocycles. The Bertz CT molecular complexity index is 990. The molecule has 138 valence electrons. The van der Waals surface area contributed by atoms with Gasteiger partial charge in [0.05, 0.1) is 22.4 Å². The molecule has 2 aromatic carbocycles. The SMILES string of the molecule is Cn1c(SCC(=O)Nc2ccc([N+](=O)[O-])cc2O)nnc1-c1ccccc1. The molecule has 9 nitrogen and oxygen atoms in total. The Hall–Kier alpha value is -3.40. The van der Waals surface area contributed by atoms with Crippen LogP contribution in [0.2, 0.25) is 0 Å². The molecule has 27 heavy (non-hydrogen) atoms. The van der Waals surface area contributed by atoms with Crippen LogP contribution in [0.1, 0.15) is 0 Å². The molecule has 0 unspecified atom stereocenters. The molecule has 0 atom stereocenters. The van der Waals surface area contributed by atoms with Crippen molar-refractivity contribution in [2.75, 3.05) is 11.1 Å². The average molecular weight is 385 g/mol. The van der Waals surface area contributed by atoms with E-state index in [2.05, 4.69) is 15.5 Å². The zero-order valence-corrected chi connectivity index (χ0v) is 15.0. The summed E-state index contributed by atoms with van der Waals surface area (Å²) in [5, 5.41) is 31.8. The molecule has 0 bridgehead atoms. The van der Waals surface area contributed by atoms with Crippen molar-refractivity contribution in [3.8, 4) is 17.1 Å². The summed E-state index contributed by atoms with van der Waals surface area (Å²) in [7, 11) is 1.81. The third kappa shape index (κ3) is 4.23. The number of nitro benzene ring substituents is 1. The third-order valence-electron chi connectivity index (χ3n) is 3.67. The van der Waals surface area contributed by atoms with Gasteiger partial charge in [0, 0.05) is 18.7 Å². The Labute approximate surface area is 158 Å². The molecule has 0 saturated carbocycles. The lowest BCUT2D eigenvalue weighted by Crippen LogP contribution is -2.14. The Balaban J connectivity index is 1.63. The number of nitro groups is 1. The smallest absolute Gasteiger partial charge is 0.273 e. The largest absolute Gasteiger partial charge is 0.506 e. The quantitative estimate of drug-likeness (QED) is 0.289. The molecular weight excluding hydrogens is 370 g/mol. The van der Waals surface area contributed by atoms with Gasteiger partial charge in [-0.2, -0.15) is 0 Å². The lowest BCUT2D eigenvalue weighted by atomic mass is 10.2. The number of carbonyl (C=O) groups excluding carboxylic acids is 1. The van der Waals surface area contributed by atoms with Crippen molar-refractivity contribution in [2.24, 2.45) is 7.05 Å². The van der Waals surface area contributed by atoms with E-state index in [1.54, 1.807) is 4.57 Å². The maximum Gasteiger partial charge on any atom is 0.273 e. The van der Waals surface area contributed by atoms with Crippen molar-refractivity contribution in [3.05, 3.63) is 58.6 Å². The van der Waals surface area contributed by atoms with Crippen molar-refractivity contribution >= 4 is 29.0 Å². The van der Waals surface area contributed by atoms with Gasteiger partial charge in [-0.1, -0.05) is 42.1 Å². The van der Waals surface area contributed by atoms with Gasteiger partial charge in [0.1, 0.15) is 5.75 Å². The first-order valence-corrected chi connectivity index (χ1v) is 8.79. The molecule has 0 radical (unpaired) electrons. The monoisotopic (exact) mass is 385 g/mol. The summed E-state index contributed by atoms with van der Waals surface area (Å²) in [4.78, 5) is 22.2. The molecule has 0 aliphatic heterocycles. The standard InChI is InChI=1S/C17H15N5O4S/c1-21-16(11-5-3-2-4-6-11)19-20-17(21)27-10-15(24)18-13-8-7-12(22(25)26)9-14(13)23/h2-9,23H,10H2,1H3,(H,18,24). The van der Waals surface area contributed by atoms with Crippen molar-refractivity contribution in [3.63, 3.8) is 0 Å². The Morgan fingerprint density at radius 1 is 1.26 bits per heavy atom. The molecule has 2 N–H and O–H groups in total. The number of thioether (sulfide) groups is 1. The minimum atomic E-state index is -0.625. The van der Waals surface area contributed by atoms with Gasteiger partial charge in [-0.15, -0.1) is 10.2 Å². The summed E-state index contributed by atoms with van der Waals surface area (Å²) in [6.45, 7) is 0. The fraction of sp³-hybridized carbons (Fsp3) is 0.118. The van der Waals surface area contributed by atoms with Crippen LogP contribution in [0.5, 0.6) is 5.75 Å². The highest BCUT2D eigenvalue weighted by Gasteiger charge is 2.15. The van der Waals surface area contributed by atoms with Crippen molar-refractivity contribution in [1.82, 2.24) is 14.8 Å². The Kier molecular flexibility index (Phi) is 5.36. The van der Waals surface area contributed by atoms with Gasteiger partial charge in [-0.05, 0) is 6.07 Å². The highest BCUT2D eigenvalue weighted by Crippen LogP contribution is 2.28. The molecule has 0 fully saturated rings. The van der Waals surface area contributed by atoms with Crippen LogP contribution in [0, 0.1) is 10.1 Å². The first-order chi connectivity index (χ1) is 13.0. The molecule has 10 heteroatoms. The molecule has 0 aliphatic rings. The summed E-state index contributed by atoms with van der Waals surface area (Å²) in [5.41, 5.74) is 0.765. The zero-order valence-electron chi connectivity index (χ0n) is 14.2. The number of nitrogens with zero attached hydrogens (tertiary/aromatic N) is 4. The fourth-order valence-electron chi connectivity index (χ4n) is 2.33. The molecule has 0 saturated heterocycles. The normalized spacial score (nSPS) is 10.6. The van der Waals surface area contributed by atoms with Crippen LogP contribution >= 0.6 is 11.8 Å². The molecule has 1 heterocycles. The second-order valence-electron chi connectivity index (χ2n) is 5.53. The number of non-ortho nitro benzene ring substituents is 1. The van der Waals surface area contributed by atoms with Gasteiger partial charge < -0.3 is 15.0 Å². The molecule has 0 spiro atoms. The predicted molar refractivity (Wildman–Crippen MR) is 101 cm³/mol. The highest BCUT2D eigenvalue weighted by molar-refractivity contribution is 7.99. The van der Waals surface area contributed by atoms with E-state index in [1.165, 1.54) is 23.9 Å². The van der Waals surface area contributed by atoms with Crippen LogP contribution in [0.15, 0.2) is 53.7 Å². The van der Waals surface area contributed by atoms with E-state index < -0.39 is 4.92 Å². The van der Waals surface area contributed by atoms with E-state index in [1.807, 2.05) is 37.4 Å². The van der Waals surface area contributed by atoms with E-state index in [-0.39, 0.29) is 28.8 Å². The van der Waals surface area contributed by atoms with Crippen LogP contribution in [0.25, 0.3) is 11.4 Å². The highest BCUT2D eigenvalue weighted by atomic mass is 32.2. The van der Waals surface area contributed by atoms with Crippen LogP contribution in [-0.2, 0) is 11.8 Å². The van der Waals surface area contributed by atoms with Crippen LogP contribution in [-0.4, -0.2) is 36.5 Å². The van der Waals surface area contributed by atoms with Gasteiger partial charge in [-0.3, -0.25) is 14.9 Å². The number of carbonyl (C=O) groups is 1. The summed E-state index contributed by atoms with van der Waals surface area (Å²) >= 11 is 1.19. The zero-order chi connectivity index (χ0) is 19.4. The Morgan fingerprint density at radius 3 is 2.67 bits per heavy atom. The number of rotatable bonds is 6. The van der Waals surface area contributed by atoms with Crippen LogP contribution < -0.4 is 5.32 Å². The van der Waals surface area contributed by atoms with Crippen LogP contribution in [0.4, 0.5) is 11.4 Å². The third-order valence-corrected chi connectivity index (χ3v) is 4.69. The van der Waals surface area contributed by atoms with E-state index in [0.29, 0.717) is 11.0 Å². The van der Waals surface area contributed by atoms with Gasteiger partial charge >= 0.3 is 0 Å². The van der Waals surface area contributed by atoms with E-state index in [9.17, 15) is 20.0 Å². The number of amides is 1. The maximum atomic E-state index is 12.1. The number of nitrogens with one attached hydrogen (secondary N) is 1. The topological polar surface area (TPSA) is 123 Å². The van der Waals surface area contributed by atoms with Crippen LogP contribution in [0.3, 0.4) is 0 Å². The van der Waals surface area contributed by atoms with E-state index in [0.717, 1.165) is 11.6 Å². The second kappa shape index (κ2) is 7.87. The fourth-order valence-corrected chi connectivity index (χ4v) is 3.05. The summed E-state index contributed by atoms with van der Waals surface area (Å²) in [6, 6.07) is 13.0. The van der Waals surface area contributed by atoms with E-state index in [4.69, 9.17) is 0 Å². The summed E-state index contributed by atoms with van der Waals surface area (Å²) in [6.07, 6.45) is 0. The Morgan fingerprint density at radius 2 is 2.00 bits per heavy atom. The van der Waals surface area contributed by atoms with E-state index >= 15 is 0 Å². The molecule has 0 aliphatic carbocycles. The molecule has 1 amide bonds. The van der Waals surface area contributed by atoms with Crippen molar-refractivity contribution < 1.29 is 14.8 Å². The minimum absolute atomic E-state index is 0.0389. The average Bonchev–Trinajstić information content (AvgIpc) is 3.03. The number of aromatic nitrogens is 3. The number of anilines is 1. The maximum absolute atomic E-state index is 12.1. The number of benzene rings is 2. The lowest BCUT2D eigenvalue weighted by molar-refractivity contribution is -0.384. The number of aromatic hydroxyl groups is 1. The number of phenols is 1. The molecular formula is C17H15N5O4S. The second-order valence-corrected chi connectivity index (χ2v) is 6.47. The lowest BCUT2D eigenvalue weighted by Gasteiger charge is -2.07. The van der Waals surface area contributed by atoms with Gasteiger partial charge in [0.15, 0.2) is 11.0 Å². The van der Waals surface area contributed by atoms with Crippen molar-refractivity contribution in [2.45, 2.75) is 5.16 Å². The minimum Gasteiger partial charge on any atom is -0.506 e. The van der Waals surface area contributed by atoms with Crippen molar-refractivity contribution in [1.29, 1.82) is 0 Å². The number of hydrogen-bond acceptors (Lipinski definition) is 7. The first-order valence-electron chi connectivity index (χ1n) is 7.80. The number of phenolic OH excluding ortho intramolecular Hbond substituents is 1.